The zero-order valence-electron chi connectivity index (χ0n) is 59.3. The van der Waals surface area contributed by atoms with Gasteiger partial charge >= 0.3 is 0 Å². The van der Waals surface area contributed by atoms with Crippen molar-refractivity contribution < 1.29 is 9.53 Å². The molecular formula is C106H174O2S6. The van der Waals surface area contributed by atoms with Crippen molar-refractivity contribution in [3.05, 3.63) is 343 Å². The quantitative estimate of drug-likeness (QED) is 0.0785. The number of hydrogen-bond donors (Lipinski definition) is 0. The lowest BCUT2D eigenvalue weighted by Crippen LogP contribution is -2.00. The predicted octanol–water partition coefficient (Wildman–Crippen LogP) is 38.1. The van der Waals surface area contributed by atoms with E-state index in [1.807, 2.05) is 122 Å². The summed E-state index contributed by atoms with van der Waals surface area (Å²) in [6.45, 7) is 25.5. The molecule has 0 unspecified atom stereocenters. The Balaban J connectivity index is -0.0000000759. The van der Waals surface area contributed by atoms with E-state index in [0.717, 1.165) is 35.5 Å². The summed E-state index contributed by atoms with van der Waals surface area (Å²) in [5.74, 6) is 1.84. The maximum Gasteiger partial charge on any atom is 0.193 e. The van der Waals surface area contributed by atoms with Crippen LogP contribution in [0.5, 0.6) is 11.5 Å². The first-order valence-corrected chi connectivity index (χ1v) is 39.3. The summed E-state index contributed by atoms with van der Waals surface area (Å²) < 4.78 is 5.72. The number of hydrogen-bond acceptors (Lipinski definition) is 8. The number of thioether (sulfide) groups is 6. The Hall–Kier alpha value is -7.01. The summed E-state index contributed by atoms with van der Waals surface area (Å²) in [5, 5.41) is 0. The molecule has 11 aromatic rings. The lowest BCUT2D eigenvalue weighted by Gasteiger charge is -2.09. The fourth-order valence-corrected chi connectivity index (χ4v) is 12.5. The molecule has 0 spiro atoms. The fraction of sp³-hybridized carbons (Fsp3) is 0.368. The van der Waals surface area contributed by atoms with Crippen molar-refractivity contribution in [2.24, 2.45) is 0 Å². The molecule has 0 aliphatic rings. The predicted molar refractivity (Wildman–Crippen MR) is 555 cm³/mol. The summed E-state index contributed by atoms with van der Waals surface area (Å²) >= 11 is 10.6. The van der Waals surface area contributed by atoms with Gasteiger partial charge in [-0.05, 0) is 281 Å². The van der Waals surface area contributed by atoms with Gasteiger partial charge in [-0.25, -0.2) is 0 Å². The first kappa shape index (κ1) is 142. The van der Waals surface area contributed by atoms with Gasteiger partial charge in [0.05, 0.1) is 0 Å². The number of aryl methyl sites for hydroxylation is 12. The molecule has 0 amide bonds. The van der Waals surface area contributed by atoms with Crippen LogP contribution in [-0.4, -0.2) is 43.3 Å². The van der Waals surface area contributed by atoms with Crippen molar-refractivity contribution in [1.29, 1.82) is 0 Å². The number of benzene rings is 11. The Morgan fingerprint density at radius 1 is 0.237 bits per heavy atom. The van der Waals surface area contributed by atoms with E-state index < -0.39 is 0 Å². The molecule has 114 heavy (non-hydrogen) atoms. The molecule has 0 aromatic heterocycles. The number of ketones is 1. The molecule has 0 heterocycles. The first-order chi connectivity index (χ1) is 45.6. The largest absolute Gasteiger partial charge is 0.457 e. The molecule has 0 N–H and O–H groups in total. The zero-order chi connectivity index (χ0) is 69.2. The second kappa shape index (κ2) is 77.2. The van der Waals surface area contributed by atoms with E-state index in [2.05, 4.69) is 265 Å². The van der Waals surface area contributed by atoms with Crippen LogP contribution in [-0.2, 0) is 12.8 Å². The summed E-state index contributed by atoms with van der Waals surface area (Å²) in [7, 11) is 0. The molecule has 0 atom stereocenters. The average Bonchev–Trinajstić information content (AvgIpc) is 0.885. The van der Waals surface area contributed by atoms with Gasteiger partial charge in [0.2, 0.25) is 0 Å². The maximum absolute atomic E-state index is 12.2. The number of carbonyl (C=O) groups is 1. The molecule has 646 valence electrons. The van der Waals surface area contributed by atoms with Gasteiger partial charge in [-0.15, -0.1) is 70.6 Å². The van der Waals surface area contributed by atoms with Gasteiger partial charge < -0.3 is 4.74 Å². The van der Waals surface area contributed by atoms with Gasteiger partial charge in [0.1, 0.15) is 11.5 Å². The monoisotopic (exact) mass is 1670 g/mol. The molecule has 2 nitrogen and oxygen atoms in total. The van der Waals surface area contributed by atoms with E-state index >= 15 is 0 Å². The third-order valence-electron chi connectivity index (χ3n) is 15.5. The normalized spacial score (nSPS) is 8.47. The molecule has 11 rings (SSSR count). The van der Waals surface area contributed by atoms with Crippen molar-refractivity contribution in [1.82, 2.24) is 0 Å². The van der Waals surface area contributed by atoms with Crippen molar-refractivity contribution in [2.45, 2.75) is 266 Å². The van der Waals surface area contributed by atoms with Crippen LogP contribution in [0.4, 0.5) is 0 Å². The highest BCUT2D eigenvalue weighted by Crippen LogP contribution is 2.28. The topological polar surface area (TPSA) is 26.3 Å². The van der Waals surface area contributed by atoms with Gasteiger partial charge in [0, 0.05) is 40.5 Å². The Kier molecular flexibility index (Phi) is 96.2. The highest BCUT2D eigenvalue weighted by atomic mass is 32.2. The van der Waals surface area contributed by atoms with Crippen LogP contribution in [0.15, 0.2) is 272 Å². The van der Waals surface area contributed by atoms with Crippen LogP contribution in [0.3, 0.4) is 0 Å². The van der Waals surface area contributed by atoms with Crippen molar-refractivity contribution in [3.63, 3.8) is 0 Å². The number of ether oxygens (including phenoxy) is 1. The van der Waals surface area contributed by atoms with E-state index in [4.69, 9.17) is 4.74 Å². The van der Waals surface area contributed by atoms with Crippen molar-refractivity contribution in [2.75, 3.05) is 37.5 Å². The number of rotatable bonds is 14. The SMILES string of the molecule is C.C.C.C.C.C.C.C.C.C.C.C.C.C.C.C.C.C.C.CSc1cc(C)c(C)cc1C.CSc1ccc(C(=O)c2ccc(C)cc2)cc1.CSc1ccc(C)cc1Cc1ccc(C)cc1.CSc1ccc(Cc2ccc(C)cc2)cc1.CSc1ccc(Oc2ccc(C)cc2)cc1.CSc1cccc(C)c1.Cc1ccc(C)c(C)c1. The molecule has 0 saturated carbocycles. The highest BCUT2D eigenvalue weighted by Gasteiger charge is 2.09. The van der Waals surface area contributed by atoms with E-state index in [9.17, 15) is 4.79 Å². The van der Waals surface area contributed by atoms with Gasteiger partial charge in [-0.3, -0.25) is 4.79 Å². The lowest BCUT2D eigenvalue weighted by molar-refractivity contribution is 0.103. The Labute approximate surface area is 738 Å². The standard InChI is InChI=1S/C16H18S.C15H14OS.C15H16S.C14H14OS.C10H14S.C9H12.C8H10S.19CH4/c1-12-4-7-14(8-5-12)11-15-10-13(2)6-9-16(15)17-3;1-11-3-5-12(6-4-11)15(16)13-7-9-14(17-2)10-8-13;1-12-3-5-13(6-4-12)11-14-7-9-15(16-2)10-8-14;1-11-3-5-12(6-4-11)15-13-7-9-14(16-2)10-8-13;1-7-5-9(3)10(11-4)6-8(7)2;1-7-4-5-8(2)9(3)6-7;1-7-4-3-5-8(6-7)9-2;;;;;;;;;;;;;;;;;;;/h4-10H,11H2,1-3H3;3-10H,1-2H3;3-10H,11H2,1-2H3;3-10H,1-2H3;5-6H,1-4H3;4-6H,1-3H3;3-6H,1-2H3;19*1H4. The number of carbonyl (C=O) groups excluding carboxylic acids is 1. The van der Waals surface area contributed by atoms with Crippen LogP contribution >= 0.6 is 70.6 Å². The van der Waals surface area contributed by atoms with E-state index in [1.54, 1.807) is 47.0 Å². The van der Waals surface area contributed by atoms with E-state index in [1.165, 1.54) is 118 Å². The molecule has 0 aliphatic heterocycles. The minimum Gasteiger partial charge on any atom is -0.457 e. The second-order valence-corrected chi connectivity index (χ2v) is 28.7. The summed E-state index contributed by atoms with van der Waals surface area (Å²) in [5.41, 5.74) is 23.1. The smallest absolute Gasteiger partial charge is 0.193 e. The second-order valence-electron chi connectivity index (χ2n) is 23.5. The summed E-state index contributed by atoms with van der Waals surface area (Å²) in [4.78, 5) is 20.0. The molecule has 11 aromatic carbocycles. The van der Waals surface area contributed by atoms with Crippen LogP contribution in [0.1, 0.15) is 246 Å². The molecule has 0 radical (unpaired) electrons. The minimum absolute atomic E-state index is 0. The molecule has 8 heteroatoms. The third kappa shape index (κ3) is 52.5. The zero-order valence-corrected chi connectivity index (χ0v) is 64.2. The van der Waals surface area contributed by atoms with Gasteiger partial charge in [-0.1, -0.05) is 326 Å². The van der Waals surface area contributed by atoms with Gasteiger partial charge in [0.25, 0.3) is 0 Å². The molecule has 0 saturated heterocycles. The Morgan fingerprint density at radius 3 is 0.904 bits per heavy atom. The van der Waals surface area contributed by atoms with Crippen molar-refractivity contribution >= 4 is 76.4 Å². The summed E-state index contributed by atoms with van der Waals surface area (Å²) in [6, 6.07) is 84.2. The minimum atomic E-state index is 0. The van der Waals surface area contributed by atoms with Gasteiger partial charge in [0.15, 0.2) is 5.78 Å². The Bertz CT molecular complexity index is 3940. The molecule has 0 fully saturated rings. The van der Waals surface area contributed by atoms with Crippen LogP contribution in [0, 0.1) is 83.1 Å². The van der Waals surface area contributed by atoms with E-state index in [0.29, 0.717) is 0 Å². The first-order valence-electron chi connectivity index (χ1n) is 31.9. The average molecular weight is 1670 g/mol. The van der Waals surface area contributed by atoms with Crippen LogP contribution in [0.2, 0.25) is 0 Å². The highest BCUT2D eigenvalue weighted by molar-refractivity contribution is 7.99. The van der Waals surface area contributed by atoms with E-state index in [-0.39, 0.29) is 147 Å². The Morgan fingerprint density at radius 2 is 0.535 bits per heavy atom. The van der Waals surface area contributed by atoms with Crippen LogP contribution < -0.4 is 4.74 Å². The van der Waals surface area contributed by atoms with Gasteiger partial charge in [-0.2, -0.15) is 0 Å². The molecular weight excluding hydrogens is 1500 g/mol. The van der Waals surface area contributed by atoms with Crippen LogP contribution in [0.25, 0.3) is 0 Å². The molecule has 0 bridgehead atoms. The third-order valence-corrected chi connectivity index (χ3v) is 20.2. The fourth-order valence-electron chi connectivity index (χ4n) is 9.44. The maximum atomic E-state index is 12.2. The summed E-state index contributed by atoms with van der Waals surface area (Å²) in [6.07, 6.45) is 14.6. The lowest BCUT2D eigenvalue weighted by atomic mass is 10.0. The van der Waals surface area contributed by atoms with Crippen molar-refractivity contribution in [3.8, 4) is 11.5 Å². The molecule has 0 aliphatic carbocycles.